The Morgan fingerprint density at radius 1 is 0.864 bits per heavy atom. The molecule has 0 radical (unpaired) electrons. The Hall–Kier alpha value is -2.07. The average molecular weight is 313 g/mol. The van der Waals surface area contributed by atoms with E-state index >= 15 is 0 Å². The predicted octanol–water partition coefficient (Wildman–Crippen LogP) is 4.18. The van der Waals surface area contributed by atoms with Gasteiger partial charge in [0, 0.05) is 16.5 Å². The Morgan fingerprint density at radius 3 is 2.09 bits per heavy atom. The van der Waals surface area contributed by atoms with Crippen LogP contribution in [0.1, 0.15) is 26.5 Å². The molecule has 0 spiro atoms. The minimum Gasteiger partial charge on any atom is -0.237 e. The Kier molecular flexibility index (Phi) is 3.37. The van der Waals surface area contributed by atoms with E-state index in [0.29, 0.717) is 4.90 Å². The van der Waals surface area contributed by atoms with E-state index in [-0.39, 0.29) is 5.41 Å². The fourth-order valence-electron chi connectivity index (χ4n) is 2.61. The van der Waals surface area contributed by atoms with Gasteiger partial charge < -0.3 is 0 Å². The summed E-state index contributed by atoms with van der Waals surface area (Å²) in [6.07, 6.45) is 0. The number of hydrogen-bond donors (Lipinski definition) is 0. The minimum absolute atomic E-state index is 0.277. The van der Waals surface area contributed by atoms with Gasteiger partial charge >= 0.3 is 0 Å². The molecule has 0 saturated carbocycles. The van der Waals surface area contributed by atoms with Crippen LogP contribution in [-0.2, 0) is 15.4 Å². The summed E-state index contributed by atoms with van der Waals surface area (Å²) in [5.74, 6) is 0. The van der Waals surface area contributed by atoms with E-state index in [0.717, 1.165) is 16.6 Å². The van der Waals surface area contributed by atoms with Crippen LogP contribution in [0.5, 0.6) is 0 Å². The van der Waals surface area contributed by atoms with E-state index in [1.54, 1.807) is 24.3 Å². The summed E-state index contributed by atoms with van der Waals surface area (Å²) in [7, 11) is -3.62. The summed E-state index contributed by atoms with van der Waals surface area (Å²) in [5, 5.41) is 0.937. The van der Waals surface area contributed by atoms with Gasteiger partial charge in [-0.1, -0.05) is 57.2 Å². The molecule has 0 aliphatic rings. The van der Waals surface area contributed by atoms with Crippen molar-refractivity contribution >= 4 is 20.9 Å². The van der Waals surface area contributed by atoms with Crippen molar-refractivity contribution in [2.45, 2.75) is 31.1 Å². The number of para-hydroxylation sites is 1. The van der Waals surface area contributed by atoms with E-state index in [1.807, 2.05) is 57.2 Å². The molecule has 1 aromatic heterocycles. The average Bonchev–Trinajstić information content (AvgIpc) is 2.88. The van der Waals surface area contributed by atoms with Crippen molar-refractivity contribution in [3.05, 3.63) is 66.4 Å². The van der Waals surface area contributed by atoms with E-state index in [2.05, 4.69) is 0 Å². The van der Waals surface area contributed by atoms with E-state index < -0.39 is 10.0 Å². The topological polar surface area (TPSA) is 39.1 Å². The number of rotatable bonds is 2. The van der Waals surface area contributed by atoms with Crippen LogP contribution in [0.2, 0.25) is 0 Å². The maximum Gasteiger partial charge on any atom is 0.268 e. The lowest BCUT2D eigenvalue weighted by Gasteiger charge is -2.22. The van der Waals surface area contributed by atoms with Gasteiger partial charge in [0.15, 0.2) is 0 Å². The monoisotopic (exact) mass is 313 g/mol. The highest BCUT2D eigenvalue weighted by Crippen LogP contribution is 2.32. The molecule has 0 saturated heterocycles. The molecule has 3 aromatic rings. The highest BCUT2D eigenvalue weighted by molar-refractivity contribution is 7.90. The third-order valence-corrected chi connectivity index (χ3v) is 5.46. The fraction of sp³-hybridized carbons (Fsp3) is 0.222. The molecule has 3 nitrogen and oxygen atoms in total. The molecule has 0 amide bonds. The molecule has 114 valence electrons. The summed E-state index contributed by atoms with van der Waals surface area (Å²) in [6.45, 7) is 6.08. The maximum atomic E-state index is 13.1. The SMILES string of the molecule is CC(C)(C)c1cc2ccccc2n1S(=O)(=O)c1ccccc1. The molecule has 0 N–H and O–H groups in total. The Bertz CT molecular complexity index is 917. The van der Waals surface area contributed by atoms with E-state index in [4.69, 9.17) is 0 Å². The van der Waals surface area contributed by atoms with Crippen LogP contribution in [0.25, 0.3) is 10.9 Å². The molecule has 0 fully saturated rings. The molecule has 1 heterocycles. The lowest BCUT2D eigenvalue weighted by atomic mass is 9.92. The molecular formula is C18H19NO2S. The second kappa shape index (κ2) is 4.99. The second-order valence-corrected chi connectivity index (χ2v) is 8.21. The molecule has 22 heavy (non-hydrogen) atoms. The van der Waals surface area contributed by atoms with Crippen LogP contribution in [0.15, 0.2) is 65.6 Å². The van der Waals surface area contributed by atoms with Crippen LogP contribution in [0, 0.1) is 0 Å². The first-order valence-electron chi connectivity index (χ1n) is 7.23. The number of aromatic nitrogens is 1. The maximum absolute atomic E-state index is 13.1. The Labute approximate surface area is 131 Å². The van der Waals surface area contributed by atoms with Gasteiger partial charge in [0.25, 0.3) is 10.0 Å². The number of hydrogen-bond acceptors (Lipinski definition) is 2. The van der Waals surface area contributed by atoms with Gasteiger partial charge in [0.05, 0.1) is 10.4 Å². The largest absolute Gasteiger partial charge is 0.268 e. The van der Waals surface area contributed by atoms with Crippen molar-refractivity contribution in [2.24, 2.45) is 0 Å². The standard InChI is InChI=1S/C18H19NO2S/c1-18(2,3)17-13-14-9-7-8-12-16(14)19(17)22(20,21)15-10-5-4-6-11-15/h4-13H,1-3H3. The summed E-state index contributed by atoms with van der Waals surface area (Å²) in [6, 6.07) is 18.1. The highest BCUT2D eigenvalue weighted by atomic mass is 32.2. The molecule has 3 rings (SSSR count). The van der Waals surface area contributed by atoms with Gasteiger partial charge in [-0.3, -0.25) is 0 Å². The van der Waals surface area contributed by atoms with Crippen LogP contribution < -0.4 is 0 Å². The van der Waals surface area contributed by atoms with Gasteiger partial charge in [0.1, 0.15) is 0 Å². The van der Waals surface area contributed by atoms with Crippen LogP contribution in [0.4, 0.5) is 0 Å². The number of nitrogens with zero attached hydrogens (tertiary/aromatic N) is 1. The first kappa shape index (κ1) is 14.9. The quantitative estimate of drug-likeness (QED) is 0.712. The van der Waals surface area contributed by atoms with Crippen LogP contribution in [-0.4, -0.2) is 12.4 Å². The molecule has 0 aliphatic carbocycles. The molecule has 2 aromatic carbocycles. The fourth-order valence-corrected chi connectivity index (χ4v) is 4.33. The van der Waals surface area contributed by atoms with Gasteiger partial charge in [-0.15, -0.1) is 0 Å². The Balaban J connectivity index is 2.39. The van der Waals surface area contributed by atoms with Gasteiger partial charge in [0.2, 0.25) is 0 Å². The zero-order chi connectivity index (χ0) is 16.0. The zero-order valence-electron chi connectivity index (χ0n) is 12.9. The first-order valence-corrected chi connectivity index (χ1v) is 8.67. The third-order valence-electron chi connectivity index (χ3n) is 3.72. The van der Waals surface area contributed by atoms with Crippen molar-refractivity contribution in [3.8, 4) is 0 Å². The molecule has 4 heteroatoms. The van der Waals surface area contributed by atoms with Gasteiger partial charge in [-0.05, 0) is 24.3 Å². The van der Waals surface area contributed by atoms with Gasteiger partial charge in [-0.25, -0.2) is 12.4 Å². The summed E-state index contributed by atoms with van der Waals surface area (Å²) >= 11 is 0. The van der Waals surface area contributed by atoms with Crippen molar-refractivity contribution in [2.75, 3.05) is 0 Å². The van der Waals surface area contributed by atoms with Crippen LogP contribution in [0.3, 0.4) is 0 Å². The van der Waals surface area contributed by atoms with E-state index in [1.165, 1.54) is 3.97 Å². The summed E-state index contributed by atoms with van der Waals surface area (Å²) < 4.78 is 27.8. The van der Waals surface area contributed by atoms with Crippen molar-refractivity contribution < 1.29 is 8.42 Å². The predicted molar refractivity (Wildman–Crippen MR) is 89.7 cm³/mol. The Morgan fingerprint density at radius 2 is 1.45 bits per heavy atom. The number of fused-ring (bicyclic) bond motifs is 1. The molecule has 0 atom stereocenters. The van der Waals surface area contributed by atoms with Crippen LogP contribution >= 0.6 is 0 Å². The molecule has 0 bridgehead atoms. The van der Waals surface area contributed by atoms with Gasteiger partial charge in [-0.2, -0.15) is 0 Å². The lowest BCUT2D eigenvalue weighted by Crippen LogP contribution is -2.23. The summed E-state index contributed by atoms with van der Waals surface area (Å²) in [5.41, 5.74) is 1.23. The molecule has 0 aliphatic heterocycles. The second-order valence-electron chi connectivity index (χ2n) is 6.42. The normalized spacial score (nSPS) is 12.7. The number of benzene rings is 2. The minimum atomic E-state index is -3.62. The van der Waals surface area contributed by atoms with Crippen molar-refractivity contribution in [1.29, 1.82) is 0 Å². The smallest absolute Gasteiger partial charge is 0.237 e. The van der Waals surface area contributed by atoms with Crippen molar-refractivity contribution in [3.63, 3.8) is 0 Å². The first-order chi connectivity index (χ1) is 10.3. The van der Waals surface area contributed by atoms with Crippen molar-refractivity contribution in [1.82, 2.24) is 3.97 Å². The summed E-state index contributed by atoms with van der Waals surface area (Å²) in [4.78, 5) is 0.307. The third kappa shape index (κ3) is 2.33. The molecular weight excluding hydrogens is 294 g/mol. The molecule has 0 unspecified atom stereocenters. The zero-order valence-corrected chi connectivity index (χ0v) is 13.8. The lowest BCUT2D eigenvalue weighted by molar-refractivity contribution is 0.547. The highest BCUT2D eigenvalue weighted by Gasteiger charge is 2.28. The van der Waals surface area contributed by atoms with E-state index in [9.17, 15) is 8.42 Å².